The average molecular weight is 374 g/mol. The van der Waals surface area contributed by atoms with Crippen LogP contribution < -0.4 is 4.90 Å². The van der Waals surface area contributed by atoms with E-state index in [0.717, 1.165) is 65.7 Å². The molecule has 3 aromatic rings. The maximum absolute atomic E-state index is 5.44. The van der Waals surface area contributed by atoms with Gasteiger partial charge in [-0.1, -0.05) is 12.1 Å². The minimum atomic E-state index is 0.730. The Morgan fingerprint density at radius 2 is 2.18 bits per heavy atom. The molecule has 0 spiro atoms. The highest BCUT2D eigenvalue weighted by atomic mass is 16.5. The summed E-state index contributed by atoms with van der Waals surface area (Å²) in [4.78, 5) is 15.3. The standard InChI is InChI=1S/C21H22N6O/c1-15(5-4-8-22-2)18-13-16-19(14-23-18)25-26-21(16)17-6-3-7-20(24-17)27-9-11-28-12-10-27/h3-8,13-14H,2,9-12H2,1H3,(H,25,26)/b8-4-,15-5+. The molecule has 0 unspecified atom stereocenters. The van der Waals surface area contributed by atoms with Crippen LogP contribution >= 0.6 is 0 Å². The Balaban J connectivity index is 1.71. The van der Waals surface area contributed by atoms with E-state index in [9.17, 15) is 0 Å². The highest BCUT2D eigenvalue weighted by Gasteiger charge is 2.15. The minimum Gasteiger partial charge on any atom is -0.378 e. The van der Waals surface area contributed by atoms with Crippen molar-refractivity contribution in [3.8, 4) is 11.4 Å². The lowest BCUT2D eigenvalue weighted by Crippen LogP contribution is -2.36. The fraction of sp³-hybridized carbons (Fsp3) is 0.238. The van der Waals surface area contributed by atoms with Crippen molar-refractivity contribution < 1.29 is 4.74 Å². The molecule has 1 saturated heterocycles. The summed E-state index contributed by atoms with van der Waals surface area (Å²) >= 11 is 0. The fourth-order valence-corrected chi connectivity index (χ4v) is 3.18. The van der Waals surface area contributed by atoms with Gasteiger partial charge in [0, 0.05) is 24.7 Å². The van der Waals surface area contributed by atoms with Gasteiger partial charge in [-0.3, -0.25) is 15.1 Å². The van der Waals surface area contributed by atoms with E-state index in [1.165, 1.54) is 0 Å². The number of hydrogen-bond acceptors (Lipinski definition) is 6. The third-order valence-electron chi connectivity index (χ3n) is 4.70. The number of aliphatic imine (C=N–C) groups is 1. The monoisotopic (exact) mass is 374 g/mol. The molecule has 0 radical (unpaired) electrons. The van der Waals surface area contributed by atoms with Crippen molar-refractivity contribution in [2.24, 2.45) is 4.99 Å². The fourth-order valence-electron chi connectivity index (χ4n) is 3.18. The van der Waals surface area contributed by atoms with Crippen molar-refractivity contribution in [1.82, 2.24) is 20.2 Å². The highest BCUT2D eigenvalue weighted by Crippen LogP contribution is 2.28. The maximum atomic E-state index is 5.44. The van der Waals surface area contributed by atoms with E-state index in [0.29, 0.717) is 0 Å². The van der Waals surface area contributed by atoms with Crippen molar-refractivity contribution in [2.45, 2.75) is 6.92 Å². The van der Waals surface area contributed by atoms with Crippen LogP contribution in [0.2, 0.25) is 0 Å². The molecule has 0 atom stereocenters. The van der Waals surface area contributed by atoms with E-state index in [1.807, 2.05) is 43.3 Å². The Kier molecular flexibility index (Phi) is 5.25. The van der Waals surface area contributed by atoms with Crippen LogP contribution in [0.4, 0.5) is 5.82 Å². The number of aromatic nitrogens is 4. The molecule has 0 aliphatic carbocycles. The lowest BCUT2D eigenvalue weighted by atomic mass is 10.1. The number of H-pyrrole nitrogens is 1. The zero-order valence-corrected chi connectivity index (χ0v) is 15.8. The molecular weight excluding hydrogens is 352 g/mol. The Morgan fingerprint density at radius 3 is 3.00 bits per heavy atom. The Hall–Kier alpha value is -3.32. The number of pyridine rings is 2. The zero-order chi connectivity index (χ0) is 19.3. The van der Waals surface area contributed by atoms with Crippen LogP contribution in [0.1, 0.15) is 12.6 Å². The lowest BCUT2D eigenvalue weighted by molar-refractivity contribution is 0.122. The van der Waals surface area contributed by atoms with Gasteiger partial charge in [0.2, 0.25) is 0 Å². The molecule has 1 aliphatic rings. The summed E-state index contributed by atoms with van der Waals surface area (Å²) in [5.41, 5.74) is 4.46. The van der Waals surface area contributed by atoms with Crippen LogP contribution in [0.3, 0.4) is 0 Å². The third kappa shape index (κ3) is 3.70. The van der Waals surface area contributed by atoms with Crippen molar-refractivity contribution in [3.63, 3.8) is 0 Å². The van der Waals surface area contributed by atoms with E-state index in [4.69, 9.17) is 9.72 Å². The van der Waals surface area contributed by atoms with Crippen LogP contribution in [0.5, 0.6) is 0 Å². The molecule has 3 aromatic heterocycles. The second kappa shape index (κ2) is 8.14. The number of nitrogens with one attached hydrogen (secondary N) is 1. The number of nitrogens with zero attached hydrogens (tertiary/aromatic N) is 5. The lowest BCUT2D eigenvalue weighted by Gasteiger charge is -2.27. The molecule has 4 rings (SSSR count). The average Bonchev–Trinajstić information content (AvgIpc) is 3.18. The number of fused-ring (bicyclic) bond motifs is 1. The number of aromatic amines is 1. The van der Waals surface area contributed by atoms with Crippen molar-refractivity contribution >= 4 is 29.0 Å². The summed E-state index contributed by atoms with van der Waals surface area (Å²) in [7, 11) is 0. The molecule has 0 aromatic carbocycles. The molecule has 4 heterocycles. The number of rotatable bonds is 5. The molecule has 28 heavy (non-hydrogen) atoms. The van der Waals surface area contributed by atoms with E-state index in [-0.39, 0.29) is 0 Å². The quantitative estimate of drug-likeness (QED) is 0.546. The Morgan fingerprint density at radius 1 is 1.32 bits per heavy atom. The van der Waals surface area contributed by atoms with Gasteiger partial charge in [-0.25, -0.2) is 4.98 Å². The van der Waals surface area contributed by atoms with Crippen LogP contribution in [0, 0.1) is 0 Å². The molecule has 0 bridgehead atoms. The van der Waals surface area contributed by atoms with Crippen LogP contribution in [0.15, 0.2) is 53.8 Å². The maximum Gasteiger partial charge on any atom is 0.129 e. The number of allylic oxidation sites excluding steroid dienone is 3. The number of morpholine rings is 1. The molecule has 0 amide bonds. The van der Waals surface area contributed by atoms with Gasteiger partial charge >= 0.3 is 0 Å². The van der Waals surface area contributed by atoms with Gasteiger partial charge in [0.15, 0.2) is 0 Å². The molecular formula is C21H22N6O. The SMILES string of the molecule is C=N/C=C\C=C(/C)c1cc2c(-c3cccc(N4CCOCC4)n3)n[nH]c2cn1. The predicted molar refractivity (Wildman–Crippen MR) is 112 cm³/mol. The van der Waals surface area contributed by atoms with Gasteiger partial charge in [0.25, 0.3) is 0 Å². The summed E-state index contributed by atoms with van der Waals surface area (Å²) in [6, 6.07) is 8.08. The van der Waals surface area contributed by atoms with Crippen LogP contribution in [-0.4, -0.2) is 53.2 Å². The van der Waals surface area contributed by atoms with Gasteiger partial charge < -0.3 is 9.64 Å². The van der Waals surface area contributed by atoms with Gasteiger partial charge in [-0.05, 0) is 43.5 Å². The first kappa shape index (κ1) is 18.1. The van der Waals surface area contributed by atoms with Crippen molar-refractivity contribution in [1.29, 1.82) is 0 Å². The second-order valence-electron chi connectivity index (χ2n) is 6.54. The normalized spacial score (nSPS) is 15.5. The molecule has 7 heteroatoms. The highest BCUT2D eigenvalue weighted by molar-refractivity contribution is 5.93. The first-order chi connectivity index (χ1) is 13.8. The molecule has 7 nitrogen and oxygen atoms in total. The minimum absolute atomic E-state index is 0.730. The van der Waals surface area contributed by atoms with E-state index >= 15 is 0 Å². The van der Waals surface area contributed by atoms with Gasteiger partial charge in [0.05, 0.1) is 36.3 Å². The zero-order valence-electron chi connectivity index (χ0n) is 15.8. The van der Waals surface area contributed by atoms with Gasteiger partial charge in [-0.2, -0.15) is 5.10 Å². The van der Waals surface area contributed by atoms with Crippen LogP contribution in [-0.2, 0) is 4.74 Å². The number of ether oxygens (including phenoxy) is 1. The van der Waals surface area contributed by atoms with Crippen LogP contribution in [0.25, 0.3) is 27.9 Å². The molecule has 142 valence electrons. The Labute approximate surface area is 163 Å². The summed E-state index contributed by atoms with van der Waals surface area (Å²) in [5.74, 6) is 0.948. The number of hydrogen-bond donors (Lipinski definition) is 1. The van der Waals surface area contributed by atoms with Crippen molar-refractivity contribution in [3.05, 3.63) is 54.5 Å². The topological polar surface area (TPSA) is 79.3 Å². The van der Waals surface area contributed by atoms with E-state index in [2.05, 4.69) is 31.8 Å². The van der Waals surface area contributed by atoms with E-state index in [1.54, 1.807) is 12.4 Å². The smallest absolute Gasteiger partial charge is 0.129 e. The first-order valence-electron chi connectivity index (χ1n) is 9.20. The molecule has 1 N–H and O–H groups in total. The predicted octanol–water partition coefficient (Wildman–Crippen LogP) is 3.47. The summed E-state index contributed by atoms with van der Waals surface area (Å²) in [5, 5.41) is 8.56. The Bertz CT molecular complexity index is 1050. The van der Waals surface area contributed by atoms with E-state index < -0.39 is 0 Å². The van der Waals surface area contributed by atoms with Crippen molar-refractivity contribution in [2.75, 3.05) is 31.2 Å². The first-order valence-corrected chi connectivity index (χ1v) is 9.20. The molecule has 1 aliphatic heterocycles. The summed E-state index contributed by atoms with van der Waals surface area (Å²) in [6.45, 7) is 8.61. The summed E-state index contributed by atoms with van der Waals surface area (Å²) < 4.78 is 5.44. The van der Waals surface area contributed by atoms with Gasteiger partial charge in [-0.15, -0.1) is 0 Å². The second-order valence-corrected chi connectivity index (χ2v) is 6.54. The third-order valence-corrected chi connectivity index (χ3v) is 4.70. The van der Waals surface area contributed by atoms with Gasteiger partial charge in [0.1, 0.15) is 11.5 Å². The number of anilines is 1. The molecule has 0 saturated carbocycles. The summed E-state index contributed by atoms with van der Waals surface area (Å²) in [6.07, 6.45) is 7.25. The molecule has 1 fully saturated rings. The largest absolute Gasteiger partial charge is 0.378 e.